The molecule has 0 spiro atoms. The van der Waals surface area contributed by atoms with Crippen molar-refractivity contribution in [2.24, 2.45) is 0 Å². The lowest BCUT2D eigenvalue weighted by molar-refractivity contribution is 1.04. The van der Waals surface area contributed by atoms with E-state index in [4.69, 9.17) is 0 Å². The predicted octanol–water partition coefficient (Wildman–Crippen LogP) is 15.5. The van der Waals surface area contributed by atoms with Crippen LogP contribution in [0.5, 0.6) is 0 Å². The lowest BCUT2D eigenvalue weighted by Crippen LogP contribution is -2.16. The Morgan fingerprint density at radius 3 is 1.77 bits per heavy atom. The van der Waals surface area contributed by atoms with Gasteiger partial charge in [0.15, 0.2) is 0 Å². The number of hydrogen-bond donors (Lipinski definition) is 0. The predicted molar refractivity (Wildman–Crippen MR) is 245 cm³/mol. The zero-order valence-corrected chi connectivity index (χ0v) is 32.4. The summed E-state index contributed by atoms with van der Waals surface area (Å²) in [5.41, 5.74) is 16.0. The summed E-state index contributed by atoms with van der Waals surface area (Å²) < 4.78 is 0. The molecule has 0 unspecified atom stereocenters. The molecule has 0 atom stereocenters. The van der Waals surface area contributed by atoms with E-state index in [0.717, 1.165) is 69.2 Å². The molecule has 276 valence electrons. The molecule has 1 aliphatic rings. The van der Waals surface area contributed by atoms with Crippen molar-refractivity contribution in [2.75, 3.05) is 9.80 Å². The molecule has 7 aromatic carbocycles. The highest BCUT2D eigenvalue weighted by molar-refractivity contribution is 5.91. The smallest absolute Gasteiger partial charge is 0.0540 e. The fourth-order valence-corrected chi connectivity index (χ4v) is 7.66. The quantitative estimate of drug-likeness (QED) is 0.115. The standard InChI is InChI=1S/C55H46N2/c1-3-4-30-53(42(2)56(49-26-13-7-14-27-49)51-37-33-45(34-38-51)43-20-9-5-10-21-43)47-24-19-25-48(41-47)54-31-17-18-32-55(54)57(50-28-15-8-16-29-50)52-39-35-46(36-40-52)44-22-11-6-12-23-44/h3-4,6-9,11-41H,1,5,10H2,2H3/b30-4-,53-42-. The largest absolute Gasteiger partial charge is 0.314 e. The highest BCUT2D eigenvalue weighted by Gasteiger charge is 2.20. The first-order valence-electron chi connectivity index (χ1n) is 19.7. The third kappa shape index (κ3) is 8.27. The molecule has 8 rings (SSSR count). The Morgan fingerprint density at radius 2 is 1.09 bits per heavy atom. The van der Waals surface area contributed by atoms with E-state index in [9.17, 15) is 0 Å². The Labute approximate surface area is 338 Å². The molecule has 7 aromatic rings. The molecule has 0 N–H and O–H groups in total. The van der Waals surface area contributed by atoms with Gasteiger partial charge in [-0.3, -0.25) is 0 Å². The highest BCUT2D eigenvalue weighted by Crippen LogP contribution is 2.42. The van der Waals surface area contributed by atoms with Crippen LogP contribution in [0.2, 0.25) is 0 Å². The number of nitrogens with zero attached hydrogens (tertiary/aromatic N) is 2. The van der Waals surface area contributed by atoms with E-state index < -0.39 is 0 Å². The topological polar surface area (TPSA) is 6.48 Å². The minimum absolute atomic E-state index is 1.08. The van der Waals surface area contributed by atoms with Crippen LogP contribution in [0.4, 0.5) is 28.4 Å². The van der Waals surface area contributed by atoms with Crippen molar-refractivity contribution in [1.82, 2.24) is 0 Å². The van der Waals surface area contributed by atoms with Crippen molar-refractivity contribution in [1.29, 1.82) is 0 Å². The summed E-state index contributed by atoms with van der Waals surface area (Å²) in [5, 5.41) is 0. The SMILES string of the molecule is C=C/C=C\C(=C(/C)N(c1ccccc1)c1ccc(C2=CCCC=C2)cc1)c1cccc(-c2ccccc2N(c2ccccc2)c2ccc(-c3ccccc3)cc2)c1. The molecule has 0 saturated heterocycles. The van der Waals surface area contributed by atoms with Gasteiger partial charge in [-0.2, -0.15) is 0 Å². The second-order valence-corrected chi connectivity index (χ2v) is 14.1. The van der Waals surface area contributed by atoms with Crippen LogP contribution in [0.1, 0.15) is 30.9 Å². The van der Waals surface area contributed by atoms with E-state index in [2.05, 4.69) is 236 Å². The molecule has 0 aromatic heterocycles. The summed E-state index contributed by atoms with van der Waals surface area (Å²) in [6.45, 7) is 6.25. The number of hydrogen-bond acceptors (Lipinski definition) is 2. The fourth-order valence-electron chi connectivity index (χ4n) is 7.66. The molecule has 0 fully saturated rings. The number of anilines is 5. The van der Waals surface area contributed by atoms with E-state index in [1.165, 1.54) is 22.3 Å². The zero-order valence-electron chi connectivity index (χ0n) is 32.4. The van der Waals surface area contributed by atoms with E-state index in [1.807, 2.05) is 12.2 Å². The first-order valence-corrected chi connectivity index (χ1v) is 19.7. The molecule has 2 heteroatoms. The second-order valence-electron chi connectivity index (χ2n) is 14.1. The second kappa shape index (κ2) is 17.5. The normalized spacial score (nSPS) is 12.8. The van der Waals surface area contributed by atoms with Gasteiger partial charge in [0.25, 0.3) is 0 Å². The van der Waals surface area contributed by atoms with Gasteiger partial charge in [-0.05, 0) is 114 Å². The van der Waals surface area contributed by atoms with E-state index in [1.54, 1.807) is 0 Å². The lowest BCUT2D eigenvalue weighted by Gasteiger charge is -2.29. The summed E-state index contributed by atoms with van der Waals surface area (Å²) >= 11 is 0. The third-order valence-corrected chi connectivity index (χ3v) is 10.5. The van der Waals surface area contributed by atoms with Crippen LogP contribution in [-0.2, 0) is 0 Å². The van der Waals surface area contributed by atoms with Crippen LogP contribution in [0.3, 0.4) is 0 Å². The van der Waals surface area contributed by atoms with Gasteiger partial charge in [-0.1, -0.05) is 170 Å². The average Bonchev–Trinajstić information content (AvgIpc) is 3.29. The summed E-state index contributed by atoms with van der Waals surface area (Å²) in [6.07, 6.45) is 15.1. The molecular weight excluding hydrogens is 689 g/mol. The van der Waals surface area contributed by atoms with Crippen molar-refractivity contribution in [2.45, 2.75) is 19.8 Å². The van der Waals surface area contributed by atoms with Crippen molar-refractivity contribution in [3.63, 3.8) is 0 Å². The van der Waals surface area contributed by atoms with Crippen molar-refractivity contribution >= 4 is 39.6 Å². The Morgan fingerprint density at radius 1 is 0.526 bits per heavy atom. The Balaban J connectivity index is 1.22. The molecule has 57 heavy (non-hydrogen) atoms. The molecule has 1 aliphatic carbocycles. The molecule has 0 bridgehead atoms. The molecule has 2 nitrogen and oxygen atoms in total. The summed E-state index contributed by atoms with van der Waals surface area (Å²) in [7, 11) is 0. The maximum atomic E-state index is 4.04. The maximum absolute atomic E-state index is 4.04. The van der Waals surface area contributed by atoms with Crippen LogP contribution in [-0.4, -0.2) is 0 Å². The van der Waals surface area contributed by atoms with Crippen LogP contribution in [0.25, 0.3) is 33.4 Å². The molecule has 0 saturated carbocycles. The maximum Gasteiger partial charge on any atom is 0.0540 e. The zero-order chi connectivity index (χ0) is 38.8. The molecule has 0 amide bonds. The van der Waals surface area contributed by atoms with Crippen LogP contribution < -0.4 is 9.80 Å². The summed E-state index contributed by atoms with van der Waals surface area (Å²) in [4.78, 5) is 4.71. The van der Waals surface area contributed by atoms with E-state index in [-0.39, 0.29) is 0 Å². The van der Waals surface area contributed by atoms with Gasteiger partial charge in [0.2, 0.25) is 0 Å². The summed E-state index contributed by atoms with van der Waals surface area (Å²) in [6, 6.07) is 67.3. The first kappa shape index (κ1) is 36.8. The number of allylic oxidation sites excluding steroid dienone is 9. The Bertz CT molecular complexity index is 2560. The molecular formula is C55H46N2. The number of rotatable bonds is 12. The van der Waals surface area contributed by atoms with Gasteiger partial charge in [0.1, 0.15) is 0 Å². The highest BCUT2D eigenvalue weighted by atomic mass is 15.2. The van der Waals surface area contributed by atoms with Gasteiger partial charge in [-0.15, -0.1) is 0 Å². The molecule has 0 radical (unpaired) electrons. The van der Waals surface area contributed by atoms with Crippen LogP contribution >= 0.6 is 0 Å². The lowest BCUT2D eigenvalue weighted by atomic mass is 9.95. The number of benzene rings is 7. The Hall–Kier alpha value is -7.16. The fraction of sp³-hybridized carbons (Fsp3) is 0.0545. The average molecular weight is 735 g/mol. The van der Waals surface area contributed by atoms with Crippen molar-refractivity contribution < 1.29 is 0 Å². The minimum Gasteiger partial charge on any atom is -0.314 e. The van der Waals surface area contributed by atoms with Crippen LogP contribution in [0, 0.1) is 0 Å². The van der Waals surface area contributed by atoms with E-state index in [0.29, 0.717) is 0 Å². The minimum atomic E-state index is 1.08. The third-order valence-electron chi connectivity index (χ3n) is 10.5. The van der Waals surface area contributed by atoms with Crippen molar-refractivity contribution in [3.05, 3.63) is 248 Å². The first-order chi connectivity index (χ1) is 28.2. The monoisotopic (exact) mass is 734 g/mol. The Kier molecular flexibility index (Phi) is 11.3. The van der Waals surface area contributed by atoms with Gasteiger partial charge < -0.3 is 9.80 Å². The molecule has 0 aliphatic heterocycles. The van der Waals surface area contributed by atoms with E-state index >= 15 is 0 Å². The van der Waals surface area contributed by atoms with Crippen LogP contribution in [0.15, 0.2) is 237 Å². The summed E-state index contributed by atoms with van der Waals surface area (Å²) in [5.74, 6) is 0. The van der Waals surface area contributed by atoms with Gasteiger partial charge in [0, 0.05) is 39.6 Å². The van der Waals surface area contributed by atoms with Gasteiger partial charge in [0.05, 0.1) is 5.69 Å². The van der Waals surface area contributed by atoms with Gasteiger partial charge >= 0.3 is 0 Å². The molecule has 0 heterocycles. The number of para-hydroxylation sites is 3. The van der Waals surface area contributed by atoms with Gasteiger partial charge in [-0.25, -0.2) is 0 Å². The van der Waals surface area contributed by atoms with Crippen molar-refractivity contribution in [3.8, 4) is 22.3 Å².